The molecule has 0 bridgehead atoms. The van der Waals surface area contributed by atoms with Crippen molar-refractivity contribution in [3.8, 4) is 11.5 Å². The highest BCUT2D eigenvalue weighted by atomic mass is 35.5. The zero-order chi connectivity index (χ0) is 13.2. The van der Waals surface area contributed by atoms with E-state index in [2.05, 4.69) is 15.5 Å². The second-order valence-corrected chi connectivity index (χ2v) is 5.35. The summed E-state index contributed by atoms with van der Waals surface area (Å²) < 4.78 is 5.37. The molecule has 0 spiro atoms. The van der Waals surface area contributed by atoms with Crippen LogP contribution in [0.1, 0.15) is 30.1 Å². The maximum atomic E-state index is 6.02. The molecule has 0 unspecified atom stereocenters. The third-order valence-electron chi connectivity index (χ3n) is 3.55. The van der Waals surface area contributed by atoms with Crippen LogP contribution in [0.4, 0.5) is 0 Å². The number of piperidine rings is 1. The maximum absolute atomic E-state index is 6.02. The van der Waals surface area contributed by atoms with Crippen LogP contribution in [0, 0.1) is 6.92 Å². The molecule has 1 aromatic heterocycles. The molecule has 1 fully saturated rings. The van der Waals surface area contributed by atoms with Crippen molar-refractivity contribution in [2.24, 2.45) is 0 Å². The minimum absolute atomic E-state index is 0.409. The molecule has 1 aliphatic heterocycles. The second kappa shape index (κ2) is 5.31. The van der Waals surface area contributed by atoms with E-state index in [9.17, 15) is 0 Å². The number of nitrogens with zero attached hydrogens (tertiary/aromatic N) is 2. The van der Waals surface area contributed by atoms with Crippen LogP contribution in [-0.2, 0) is 0 Å². The number of hydrogen-bond donors (Lipinski definition) is 1. The van der Waals surface area contributed by atoms with E-state index in [0.717, 1.165) is 47.9 Å². The number of rotatable bonds is 2. The van der Waals surface area contributed by atoms with Gasteiger partial charge in [0, 0.05) is 16.5 Å². The molecule has 1 aromatic carbocycles. The normalized spacial score (nSPS) is 16.7. The topological polar surface area (TPSA) is 51.0 Å². The van der Waals surface area contributed by atoms with E-state index in [1.165, 1.54) is 0 Å². The van der Waals surface area contributed by atoms with Gasteiger partial charge in [-0.2, -0.15) is 4.98 Å². The highest BCUT2D eigenvalue weighted by molar-refractivity contribution is 6.31. The van der Waals surface area contributed by atoms with Crippen molar-refractivity contribution in [3.05, 3.63) is 34.6 Å². The highest BCUT2D eigenvalue weighted by Crippen LogP contribution is 2.27. The van der Waals surface area contributed by atoms with E-state index in [1.807, 2.05) is 25.1 Å². The van der Waals surface area contributed by atoms with E-state index in [0.29, 0.717) is 11.8 Å². The Labute approximate surface area is 117 Å². The largest absolute Gasteiger partial charge is 0.334 e. The van der Waals surface area contributed by atoms with Gasteiger partial charge in [-0.15, -0.1) is 0 Å². The van der Waals surface area contributed by atoms with Gasteiger partial charge in [-0.3, -0.25) is 0 Å². The molecule has 0 aliphatic carbocycles. The van der Waals surface area contributed by atoms with Crippen molar-refractivity contribution in [1.29, 1.82) is 0 Å². The summed E-state index contributed by atoms with van der Waals surface area (Å²) in [7, 11) is 0. The average Bonchev–Trinajstić information content (AvgIpc) is 2.93. The number of hydrogen-bond acceptors (Lipinski definition) is 4. The molecule has 0 atom stereocenters. The van der Waals surface area contributed by atoms with Crippen LogP contribution in [0.3, 0.4) is 0 Å². The molecule has 5 heteroatoms. The molecule has 100 valence electrons. The molecular formula is C14H16ClN3O. The maximum Gasteiger partial charge on any atom is 0.257 e. The Morgan fingerprint density at radius 2 is 2.11 bits per heavy atom. The average molecular weight is 278 g/mol. The summed E-state index contributed by atoms with van der Waals surface area (Å²) in [6.07, 6.45) is 2.14. The van der Waals surface area contributed by atoms with Crippen molar-refractivity contribution in [2.45, 2.75) is 25.7 Å². The summed E-state index contributed by atoms with van der Waals surface area (Å²) in [5, 5.41) is 8.21. The van der Waals surface area contributed by atoms with Crippen molar-refractivity contribution in [2.75, 3.05) is 13.1 Å². The van der Waals surface area contributed by atoms with Crippen LogP contribution in [0.5, 0.6) is 0 Å². The summed E-state index contributed by atoms with van der Waals surface area (Å²) in [4.78, 5) is 4.53. The molecule has 1 aliphatic rings. The fourth-order valence-corrected chi connectivity index (χ4v) is 2.49. The fourth-order valence-electron chi connectivity index (χ4n) is 2.38. The van der Waals surface area contributed by atoms with Crippen LogP contribution < -0.4 is 5.32 Å². The van der Waals surface area contributed by atoms with Crippen LogP contribution in [0.25, 0.3) is 11.5 Å². The van der Waals surface area contributed by atoms with Gasteiger partial charge in [0.15, 0.2) is 5.82 Å². The molecule has 4 nitrogen and oxygen atoms in total. The van der Waals surface area contributed by atoms with E-state index in [1.54, 1.807) is 0 Å². The lowest BCUT2D eigenvalue weighted by atomic mass is 9.98. The van der Waals surface area contributed by atoms with Crippen LogP contribution in [0.2, 0.25) is 5.02 Å². The standard InChI is InChI=1S/C14H16ClN3O/c1-9-8-11(2-3-12(9)15)14-17-13(18-19-14)10-4-6-16-7-5-10/h2-3,8,10,16H,4-7H2,1H3. The predicted octanol–water partition coefficient (Wildman–Crippen LogP) is 3.17. The summed E-state index contributed by atoms with van der Waals surface area (Å²) in [5.41, 5.74) is 1.94. The number of nitrogens with one attached hydrogen (secondary N) is 1. The van der Waals surface area contributed by atoms with Crippen LogP contribution in [-0.4, -0.2) is 23.2 Å². The monoisotopic (exact) mass is 277 g/mol. The summed E-state index contributed by atoms with van der Waals surface area (Å²) in [6, 6.07) is 5.75. The molecule has 0 amide bonds. The molecule has 2 heterocycles. The van der Waals surface area contributed by atoms with Crippen molar-refractivity contribution in [3.63, 3.8) is 0 Å². The van der Waals surface area contributed by atoms with Crippen LogP contribution >= 0.6 is 11.6 Å². The molecular weight excluding hydrogens is 262 g/mol. The zero-order valence-corrected chi connectivity index (χ0v) is 11.6. The molecule has 3 rings (SSSR count). The van der Waals surface area contributed by atoms with Gasteiger partial charge in [0.1, 0.15) is 0 Å². The Balaban J connectivity index is 1.85. The van der Waals surface area contributed by atoms with Crippen LogP contribution in [0.15, 0.2) is 22.7 Å². The first-order valence-electron chi connectivity index (χ1n) is 6.55. The van der Waals surface area contributed by atoms with Gasteiger partial charge in [-0.05, 0) is 56.6 Å². The number of aromatic nitrogens is 2. The summed E-state index contributed by atoms with van der Waals surface area (Å²) >= 11 is 6.02. The first-order valence-corrected chi connectivity index (χ1v) is 6.92. The summed E-state index contributed by atoms with van der Waals surface area (Å²) in [6.45, 7) is 4.01. The van der Waals surface area contributed by atoms with Gasteiger partial charge < -0.3 is 9.84 Å². The van der Waals surface area contributed by atoms with Crippen molar-refractivity contribution >= 4 is 11.6 Å². The lowest BCUT2D eigenvalue weighted by molar-refractivity contribution is 0.392. The third-order valence-corrected chi connectivity index (χ3v) is 3.98. The van der Waals surface area contributed by atoms with Crippen molar-refractivity contribution in [1.82, 2.24) is 15.5 Å². The Bertz CT molecular complexity index is 576. The van der Waals surface area contributed by atoms with Gasteiger partial charge in [-0.1, -0.05) is 16.8 Å². The smallest absolute Gasteiger partial charge is 0.257 e. The molecule has 19 heavy (non-hydrogen) atoms. The van der Waals surface area contributed by atoms with E-state index in [-0.39, 0.29) is 0 Å². The van der Waals surface area contributed by atoms with Gasteiger partial charge in [0.25, 0.3) is 5.89 Å². The van der Waals surface area contributed by atoms with Gasteiger partial charge >= 0.3 is 0 Å². The fraction of sp³-hybridized carbons (Fsp3) is 0.429. The van der Waals surface area contributed by atoms with Crippen molar-refractivity contribution < 1.29 is 4.52 Å². The molecule has 0 saturated carbocycles. The number of benzene rings is 1. The number of aryl methyl sites for hydroxylation is 1. The molecule has 2 aromatic rings. The Hall–Kier alpha value is -1.39. The van der Waals surface area contributed by atoms with E-state index < -0.39 is 0 Å². The first-order chi connectivity index (χ1) is 9.24. The van der Waals surface area contributed by atoms with E-state index in [4.69, 9.17) is 16.1 Å². The first kappa shape index (κ1) is 12.6. The number of halogens is 1. The minimum atomic E-state index is 0.409. The molecule has 1 saturated heterocycles. The van der Waals surface area contributed by atoms with E-state index >= 15 is 0 Å². The lowest BCUT2D eigenvalue weighted by Gasteiger charge is -2.18. The molecule has 1 N–H and O–H groups in total. The third kappa shape index (κ3) is 2.65. The zero-order valence-electron chi connectivity index (χ0n) is 10.8. The molecule has 0 radical (unpaired) electrons. The lowest BCUT2D eigenvalue weighted by Crippen LogP contribution is -2.27. The van der Waals surface area contributed by atoms with Gasteiger partial charge in [0.05, 0.1) is 0 Å². The Morgan fingerprint density at radius 1 is 1.32 bits per heavy atom. The predicted molar refractivity (Wildman–Crippen MR) is 74.3 cm³/mol. The van der Waals surface area contributed by atoms with Gasteiger partial charge in [0.2, 0.25) is 0 Å². The summed E-state index contributed by atoms with van der Waals surface area (Å²) in [5.74, 6) is 1.81. The quantitative estimate of drug-likeness (QED) is 0.916. The Morgan fingerprint density at radius 3 is 2.84 bits per heavy atom. The highest BCUT2D eigenvalue weighted by Gasteiger charge is 2.21. The second-order valence-electron chi connectivity index (χ2n) is 4.95. The SMILES string of the molecule is Cc1cc(-c2nc(C3CCNCC3)no2)ccc1Cl. The minimum Gasteiger partial charge on any atom is -0.334 e. The Kier molecular flexibility index (Phi) is 3.53. The van der Waals surface area contributed by atoms with Gasteiger partial charge in [-0.25, -0.2) is 0 Å².